The quantitative estimate of drug-likeness (QED) is 0.583. The normalized spacial score (nSPS) is 10.2. The zero-order valence-corrected chi connectivity index (χ0v) is 16.2. The van der Waals surface area contributed by atoms with Gasteiger partial charge < -0.3 is 24.8 Å². The molecule has 3 aromatic rings. The van der Waals surface area contributed by atoms with Gasteiger partial charge in [-0.05, 0) is 42.3 Å². The Hall–Kier alpha value is -3.48. The van der Waals surface area contributed by atoms with Crippen molar-refractivity contribution in [3.05, 3.63) is 60.3 Å². The number of benzene rings is 2. The molecule has 0 fully saturated rings. The van der Waals surface area contributed by atoms with Gasteiger partial charge >= 0.3 is 0 Å². The second-order valence-corrected chi connectivity index (χ2v) is 5.99. The molecule has 1 aromatic heterocycles. The lowest BCUT2D eigenvalue weighted by Crippen LogP contribution is -2.08. The second-order valence-electron chi connectivity index (χ2n) is 5.99. The van der Waals surface area contributed by atoms with Gasteiger partial charge in [0.15, 0.2) is 11.5 Å². The molecular formula is C21H24N4O3. The van der Waals surface area contributed by atoms with Gasteiger partial charge in [-0.25, -0.2) is 4.98 Å². The van der Waals surface area contributed by atoms with Crippen LogP contribution < -0.4 is 24.8 Å². The lowest BCUT2D eigenvalue weighted by Gasteiger charge is -2.11. The summed E-state index contributed by atoms with van der Waals surface area (Å²) in [6, 6.07) is 15.4. The number of hydrogen-bond acceptors (Lipinski definition) is 7. The summed E-state index contributed by atoms with van der Waals surface area (Å²) in [5.74, 6) is 3.42. The second kappa shape index (κ2) is 9.45. The van der Waals surface area contributed by atoms with Gasteiger partial charge in [-0.15, -0.1) is 0 Å². The maximum absolute atomic E-state index is 5.32. The highest BCUT2D eigenvalue weighted by molar-refractivity contribution is 5.60. The van der Waals surface area contributed by atoms with Gasteiger partial charge in [0.05, 0.1) is 21.3 Å². The molecule has 0 spiro atoms. The Bertz CT molecular complexity index is 918. The number of methoxy groups -OCH3 is 3. The first-order valence-corrected chi connectivity index (χ1v) is 8.90. The van der Waals surface area contributed by atoms with Crippen molar-refractivity contribution >= 4 is 17.5 Å². The third-order valence-corrected chi connectivity index (χ3v) is 4.15. The van der Waals surface area contributed by atoms with Crippen LogP contribution in [0.15, 0.2) is 54.7 Å². The molecule has 0 atom stereocenters. The van der Waals surface area contributed by atoms with Gasteiger partial charge in [-0.1, -0.05) is 12.1 Å². The molecule has 0 radical (unpaired) electrons. The molecule has 2 N–H and O–H groups in total. The Balaban J connectivity index is 1.60. The molecular weight excluding hydrogens is 356 g/mol. The van der Waals surface area contributed by atoms with E-state index in [2.05, 4.69) is 26.7 Å². The van der Waals surface area contributed by atoms with Crippen molar-refractivity contribution in [3.8, 4) is 17.2 Å². The van der Waals surface area contributed by atoms with Crippen LogP contribution >= 0.6 is 0 Å². The molecule has 2 aromatic carbocycles. The van der Waals surface area contributed by atoms with Crippen molar-refractivity contribution in [2.45, 2.75) is 6.42 Å². The van der Waals surface area contributed by atoms with E-state index in [-0.39, 0.29) is 0 Å². The van der Waals surface area contributed by atoms with Crippen LogP contribution in [-0.4, -0.2) is 37.8 Å². The van der Waals surface area contributed by atoms with Gasteiger partial charge in [0, 0.05) is 24.5 Å². The fourth-order valence-electron chi connectivity index (χ4n) is 2.72. The lowest BCUT2D eigenvalue weighted by atomic mass is 10.1. The molecule has 0 aliphatic heterocycles. The summed E-state index contributed by atoms with van der Waals surface area (Å²) in [6.45, 7) is 0.750. The van der Waals surface area contributed by atoms with Crippen molar-refractivity contribution in [3.63, 3.8) is 0 Å². The molecule has 0 saturated carbocycles. The minimum absolute atomic E-state index is 0.499. The summed E-state index contributed by atoms with van der Waals surface area (Å²) in [6.07, 6.45) is 2.57. The lowest BCUT2D eigenvalue weighted by molar-refractivity contribution is 0.355. The van der Waals surface area contributed by atoms with E-state index in [4.69, 9.17) is 14.2 Å². The number of ether oxygens (including phenoxy) is 3. The number of hydrogen-bond donors (Lipinski definition) is 2. The fourth-order valence-corrected chi connectivity index (χ4v) is 2.72. The van der Waals surface area contributed by atoms with Crippen LogP contribution in [0.3, 0.4) is 0 Å². The molecule has 28 heavy (non-hydrogen) atoms. The maximum Gasteiger partial charge on any atom is 0.229 e. The Labute approximate surface area is 164 Å². The van der Waals surface area contributed by atoms with Gasteiger partial charge in [-0.2, -0.15) is 4.98 Å². The standard InChI is InChI=1S/C21H24N4O3/c1-26-17-6-4-5-15(13-17)9-11-22-20-10-12-23-21(25-20)24-16-7-8-18(27-2)19(14-16)28-3/h4-8,10,12-14H,9,11H2,1-3H3,(H2,22,23,24,25). The summed E-state index contributed by atoms with van der Waals surface area (Å²) >= 11 is 0. The summed E-state index contributed by atoms with van der Waals surface area (Å²) in [5, 5.41) is 6.50. The maximum atomic E-state index is 5.32. The summed E-state index contributed by atoms with van der Waals surface area (Å²) in [7, 11) is 4.88. The first-order valence-electron chi connectivity index (χ1n) is 8.90. The molecule has 0 bridgehead atoms. The molecule has 0 aliphatic rings. The van der Waals surface area contributed by atoms with Crippen molar-refractivity contribution in [2.75, 3.05) is 38.5 Å². The number of anilines is 3. The molecule has 1 heterocycles. The van der Waals surface area contributed by atoms with Gasteiger partial charge in [0.25, 0.3) is 0 Å². The molecule has 0 saturated heterocycles. The number of aromatic nitrogens is 2. The number of rotatable bonds is 9. The minimum Gasteiger partial charge on any atom is -0.497 e. The Morgan fingerprint density at radius 3 is 2.54 bits per heavy atom. The van der Waals surface area contributed by atoms with E-state index < -0.39 is 0 Å². The zero-order valence-electron chi connectivity index (χ0n) is 16.2. The molecule has 0 unspecified atom stereocenters. The van der Waals surface area contributed by atoms with Crippen molar-refractivity contribution in [1.29, 1.82) is 0 Å². The third kappa shape index (κ3) is 5.03. The highest BCUT2D eigenvalue weighted by Gasteiger charge is 2.06. The average molecular weight is 380 g/mol. The van der Waals surface area contributed by atoms with Crippen LogP contribution in [0.1, 0.15) is 5.56 Å². The fraction of sp³-hybridized carbons (Fsp3) is 0.238. The summed E-state index contributed by atoms with van der Waals surface area (Å²) in [5.41, 5.74) is 2.01. The summed E-state index contributed by atoms with van der Waals surface area (Å²) < 4.78 is 15.8. The number of nitrogens with zero attached hydrogens (tertiary/aromatic N) is 2. The Kier molecular flexibility index (Phi) is 6.51. The monoisotopic (exact) mass is 380 g/mol. The molecule has 7 nitrogen and oxygen atoms in total. The highest BCUT2D eigenvalue weighted by Crippen LogP contribution is 2.30. The van der Waals surface area contributed by atoms with Crippen molar-refractivity contribution in [1.82, 2.24) is 9.97 Å². The van der Waals surface area contributed by atoms with Crippen LogP contribution in [0.2, 0.25) is 0 Å². The van der Waals surface area contributed by atoms with E-state index in [0.29, 0.717) is 17.4 Å². The van der Waals surface area contributed by atoms with Crippen LogP contribution in [0.5, 0.6) is 17.2 Å². The molecule has 146 valence electrons. The van der Waals surface area contributed by atoms with E-state index in [1.807, 2.05) is 42.5 Å². The largest absolute Gasteiger partial charge is 0.497 e. The third-order valence-electron chi connectivity index (χ3n) is 4.15. The molecule has 7 heteroatoms. The SMILES string of the molecule is COc1cccc(CCNc2ccnc(Nc3ccc(OC)c(OC)c3)n2)c1. The minimum atomic E-state index is 0.499. The van der Waals surface area contributed by atoms with Gasteiger partial charge in [0.1, 0.15) is 11.6 Å². The predicted octanol–water partition coefficient (Wildman–Crippen LogP) is 3.90. The Morgan fingerprint density at radius 1 is 0.893 bits per heavy atom. The van der Waals surface area contributed by atoms with Crippen LogP contribution in [0.25, 0.3) is 0 Å². The summed E-state index contributed by atoms with van der Waals surface area (Å²) in [4.78, 5) is 8.77. The first-order chi connectivity index (χ1) is 13.7. The van der Waals surface area contributed by atoms with Crippen LogP contribution in [0, 0.1) is 0 Å². The predicted molar refractivity (Wildman–Crippen MR) is 110 cm³/mol. The highest BCUT2D eigenvalue weighted by atomic mass is 16.5. The molecule has 0 amide bonds. The van der Waals surface area contributed by atoms with Crippen molar-refractivity contribution < 1.29 is 14.2 Å². The van der Waals surface area contributed by atoms with Crippen molar-refractivity contribution in [2.24, 2.45) is 0 Å². The van der Waals surface area contributed by atoms with Gasteiger partial charge in [-0.3, -0.25) is 0 Å². The van der Waals surface area contributed by atoms with E-state index in [1.165, 1.54) is 5.56 Å². The van der Waals surface area contributed by atoms with E-state index in [1.54, 1.807) is 27.5 Å². The Morgan fingerprint density at radius 2 is 1.75 bits per heavy atom. The molecule has 0 aliphatic carbocycles. The van der Waals surface area contributed by atoms with Gasteiger partial charge in [0.2, 0.25) is 5.95 Å². The van der Waals surface area contributed by atoms with E-state index >= 15 is 0 Å². The van der Waals surface area contributed by atoms with E-state index in [9.17, 15) is 0 Å². The first kappa shape index (κ1) is 19.3. The van der Waals surface area contributed by atoms with Crippen LogP contribution in [0.4, 0.5) is 17.5 Å². The van der Waals surface area contributed by atoms with Crippen LogP contribution in [-0.2, 0) is 6.42 Å². The van der Waals surface area contributed by atoms with E-state index in [0.717, 1.165) is 30.2 Å². The smallest absolute Gasteiger partial charge is 0.229 e. The molecule has 3 rings (SSSR count). The zero-order chi connectivity index (χ0) is 19.8. The number of nitrogens with one attached hydrogen (secondary N) is 2. The average Bonchev–Trinajstić information content (AvgIpc) is 2.74. The topological polar surface area (TPSA) is 77.5 Å².